The van der Waals surface area contributed by atoms with Gasteiger partial charge in [0, 0.05) is 9.72 Å². The Morgan fingerprint density at radius 3 is 2.87 bits per heavy atom. The van der Waals surface area contributed by atoms with Crippen molar-refractivity contribution in [3.8, 4) is 0 Å². The SMILES string of the molecule is O=C(CCl)N=C1S[C@H]2CS(=O)(=O)C[C@H]2N1c1ccc(Br)cc1F. The molecule has 2 aliphatic rings. The molecule has 0 aromatic heterocycles. The molecule has 0 radical (unpaired) electrons. The van der Waals surface area contributed by atoms with Crippen LogP contribution in [-0.4, -0.2) is 48.2 Å². The van der Waals surface area contributed by atoms with Crippen LogP contribution >= 0.6 is 39.3 Å². The van der Waals surface area contributed by atoms with Gasteiger partial charge in [0.2, 0.25) is 0 Å². The monoisotopic (exact) mass is 440 g/mol. The molecule has 5 nitrogen and oxygen atoms in total. The molecule has 0 saturated carbocycles. The van der Waals surface area contributed by atoms with Crippen molar-refractivity contribution in [2.45, 2.75) is 11.3 Å². The normalized spacial score (nSPS) is 27.4. The summed E-state index contributed by atoms with van der Waals surface area (Å²) in [4.78, 5) is 17.0. The summed E-state index contributed by atoms with van der Waals surface area (Å²) < 4.78 is 38.7. The number of amides is 1. The Labute approximate surface area is 150 Å². The van der Waals surface area contributed by atoms with E-state index in [2.05, 4.69) is 20.9 Å². The highest BCUT2D eigenvalue weighted by Gasteiger charge is 2.49. The first-order valence-electron chi connectivity index (χ1n) is 6.59. The highest BCUT2D eigenvalue weighted by Crippen LogP contribution is 2.42. The van der Waals surface area contributed by atoms with Gasteiger partial charge in [0.25, 0.3) is 5.91 Å². The number of thioether (sulfide) groups is 1. The largest absolute Gasteiger partial charge is 0.313 e. The maximum Gasteiger partial charge on any atom is 0.262 e. The van der Waals surface area contributed by atoms with E-state index in [1.54, 1.807) is 6.07 Å². The first-order valence-corrected chi connectivity index (χ1v) is 10.6. The number of rotatable bonds is 2. The van der Waals surface area contributed by atoms with Gasteiger partial charge in [0.1, 0.15) is 11.7 Å². The summed E-state index contributed by atoms with van der Waals surface area (Å²) in [6.07, 6.45) is 0. The van der Waals surface area contributed by atoms with Crippen molar-refractivity contribution in [3.63, 3.8) is 0 Å². The highest BCUT2D eigenvalue weighted by molar-refractivity contribution is 9.10. The summed E-state index contributed by atoms with van der Waals surface area (Å²) in [5, 5.41) is 0.0201. The van der Waals surface area contributed by atoms with Crippen LogP contribution in [0.4, 0.5) is 10.1 Å². The molecule has 23 heavy (non-hydrogen) atoms. The van der Waals surface area contributed by atoms with Crippen LogP contribution in [0.15, 0.2) is 27.7 Å². The van der Waals surface area contributed by atoms with Crippen LogP contribution in [0, 0.1) is 5.82 Å². The van der Waals surface area contributed by atoms with Crippen molar-refractivity contribution in [2.24, 2.45) is 4.99 Å². The van der Waals surface area contributed by atoms with E-state index in [9.17, 15) is 17.6 Å². The summed E-state index contributed by atoms with van der Waals surface area (Å²) in [5.74, 6) is -1.44. The second-order valence-electron chi connectivity index (χ2n) is 5.19. The lowest BCUT2D eigenvalue weighted by molar-refractivity contribution is -0.115. The average molecular weight is 442 g/mol. The lowest BCUT2D eigenvalue weighted by Crippen LogP contribution is -2.38. The molecule has 1 aromatic carbocycles. The Kier molecular flexibility index (Phi) is 4.74. The zero-order valence-corrected chi connectivity index (χ0v) is 15.6. The van der Waals surface area contributed by atoms with Crippen LogP contribution in [0.25, 0.3) is 0 Å². The third-order valence-corrected chi connectivity index (χ3v) is 7.50. The van der Waals surface area contributed by atoms with Crippen molar-refractivity contribution in [3.05, 3.63) is 28.5 Å². The zero-order chi connectivity index (χ0) is 16.8. The standard InChI is InChI=1S/C13H11BrClFN2O3S2/c14-7-1-2-9(8(16)3-7)18-10-5-23(20,21)6-11(10)22-13(18)17-12(19)4-15/h1-3,10-11H,4-6H2/t10-,11+/m1/s1. The molecule has 10 heteroatoms. The molecular weight excluding hydrogens is 431 g/mol. The minimum atomic E-state index is -3.19. The molecule has 0 bridgehead atoms. The zero-order valence-electron chi connectivity index (χ0n) is 11.6. The molecule has 2 heterocycles. The quantitative estimate of drug-likeness (QED) is 0.660. The van der Waals surface area contributed by atoms with Crippen molar-refractivity contribution >= 4 is 65.9 Å². The van der Waals surface area contributed by atoms with Gasteiger partial charge in [-0.05, 0) is 18.2 Å². The van der Waals surface area contributed by atoms with Gasteiger partial charge in [-0.1, -0.05) is 27.7 Å². The number of fused-ring (bicyclic) bond motifs is 1. The summed E-state index contributed by atoms with van der Waals surface area (Å²) in [7, 11) is -3.19. The maximum absolute atomic E-state index is 14.3. The van der Waals surface area contributed by atoms with E-state index in [0.29, 0.717) is 9.64 Å². The molecule has 2 fully saturated rings. The fourth-order valence-electron chi connectivity index (χ4n) is 2.66. The Bertz CT molecular complexity index is 802. The van der Waals surface area contributed by atoms with Crippen LogP contribution in [0.3, 0.4) is 0 Å². The predicted molar refractivity (Wildman–Crippen MR) is 93.6 cm³/mol. The molecule has 1 amide bonds. The summed E-state index contributed by atoms with van der Waals surface area (Å²) in [5.41, 5.74) is 0.200. The van der Waals surface area contributed by atoms with Crippen LogP contribution < -0.4 is 4.90 Å². The van der Waals surface area contributed by atoms with Crippen molar-refractivity contribution in [1.29, 1.82) is 0 Å². The number of aliphatic imine (C=N–C) groups is 1. The Morgan fingerprint density at radius 1 is 1.48 bits per heavy atom. The lowest BCUT2D eigenvalue weighted by atomic mass is 10.2. The van der Waals surface area contributed by atoms with E-state index in [1.807, 2.05) is 0 Å². The number of nitrogens with zero attached hydrogens (tertiary/aromatic N) is 2. The fraction of sp³-hybridized carbons (Fsp3) is 0.385. The maximum atomic E-state index is 14.3. The van der Waals surface area contributed by atoms with Gasteiger partial charge in [-0.15, -0.1) is 11.6 Å². The van der Waals surface area contributed by atoms with Gasteiger partial charge in [0.15, 0.2) is 15.0 Å². The summed E-state index contributed by atoms with van der Waals surface area (Å²) in [6.45, 7) is 0. The van der Waals surface area contributed by atoms with Crippen molar-refractivity contribution in [2.75, 3.05) is 22.3 Å². The number of carbonyl (C=O) groups excluding carboxylic acids is 1. The van der Waals surface area contributed by atoms with Crippen LogP contribution in [0.1, 0.15) is 0 Å². The minimum Gasteiger partial charge on any atom is -0.313 e. The second-order valence-corrected chi connectivity index (χ2v) is 9.73. The number of carbonyl (C=O) groups is 1. The third-order valence-electron chi connectivity index (χ3n) is 3.57. The topological polar surface area (TPSA) is 66.8 Å². The second kappa shape index (κ2) is 6.34. The van der Waals surface area contributed by atoms with Gasteiger partial charge in [0.05, 0.1) is 23.2 Å². The number of sulfone groups is 1. The van der Waals surface area contributed by atoms with E-state index in [1.165, 1.54) is 28.8 Å². The van der Waals surface area contributed by atoms with Crippen LogP contribution in [0.2, 0.25) is 0 Å². The molecule has 0 unspecified atom stereocenters. The van der Waals surface area contributed by atoms with Gasteiger partial charge in [-0.2, -0.15) is 4.99 Å². The fourth-order valence-corrected chi connectivity index (χ4v) is 6.98. The molecule has 1 aromatic rings. The number of benzene rings is 1. The van der Waals surface area contributed by atoms with E-state index in [4.69, 9.17) is 11.6 Å². The first kappa shape index (κ1) is 17.2. The number of anilines is 1. The molecule has 2 saturated heterocycles. The average Bonchev–Trinajstić information content (AvgIpc) is 2.91. The molecular formula is C13H11BrClFN2O3S2. The number of alkyl halides is 1. The van der Waals surface area contributed by atoms with Crippen molar-refractivity contribution < 1.29 is 17.6 Å². The Hall–Kier alpha value is -0.640. The van der Waals surface area contributed by atoms with Gasteiger partial charge < -0.3 is 4.90 Å². The van der Waals surface area contributed by atoms with E-state index in [0.717, 1.165) is 0 Å². The molecule has 2 atom stereocenters. The molecule has 0 aliphatic carbocycles. The number of hydrogen-bond donors (Lipinski definition) is 0. The molecule has 3 rings (SSSR count). The molecule has 0 spiro atoms. The highest BCUT2D eigenvalue weighted by atomic mass is 79.9. The number of halogens is 3. The minimum absolute atomic E-state index is 0.00886. The smallest absolute Gasteiger partial charge is 0.262 e. The van der Waals surface area contributed by atoms with Crippen LogP contribution in [0.5, 0.6) is 0 Å². The van der Waals surface area contributed by atoms with Crippen molar-refractivity contribution in [1.82, 2.24) is 0 Å². The molecule has 0 N–H and O–H groups in total. The van der Waals surface area contributed by atoms with Gasteiger partial charge in [-0.25, -0.2) is 12.8 Å². The lowest BCUT2D eigenvalue weighted by Gasteiger charge is -2.25. The van der Waals surface area contributed by atoms with Gasteiger partial charge >= 0.3 is 0 Å². The van der Waals surface area contributed by atoms with E-state index in [-0.39, 0.29) is 28.3 Å². The molecule has 2 aliphatic heterocycles. The van der Waals surface area contributed by atoms with E-state index < -0.39 is 27.6 Å². The summed E-state index contributed by atoms with van der Waals surface area (Å²) >= 11 is 9.85. The Morgan fingerprint density at radius 2 is 2.22 bits per heavy atom. The number of hydrogen-bond acceptors (Lipinski definition) is 4. The Balaban J connectivity index is 2.06. The number of amidine groups is 1. The first-order chi connectivity index (χ1) is 10.8. The van der Waals surface area contributed by atoms with Gasteiger partial charge in [-0.3, -0.25) is 4.79 Å². The third kappa shape index (κ3) is 3.42. The summed E-state index contributed by atoms with van der Waals surface area (Å²) in [6, 6.07) is 4.04. The van der Waals surface area contributed by atoms with E-state index >= 15 is 0 Å². The predicted octanol–water partition coefficient (Wildman–Crippen LogP) is 2.43. The van der Waals surface area contributed by atoms with Crippen LogP contribution in [-0.2, 0) is 14.6 Å². The molecule has 124 valence electrons.